The van der Waals surface area contributed by atoms with E-state index in [1.807, 2.05) is 24.4 Å². The van der Waals surface area contributed by atoms with Crippen LogP contribution in [-0.2, 0) is 24.2 Å². The van der Waals surface area contributed by atoms with Crippen molar-refractivity contribution in [1.82, 2.24) is 9.88 Å². The zero-order valence-electron chi connectivity index (χ0n) is 20.4. The maximum absolute atomic E-state index is 11.7. The molecule has 1 saturated heterocycles. The Labute approximate surface area is 212 Å². The lowest BCUT2D eigenvalue weighted by Crippen LogP contribution is -2.46. The Morgan fingerprint density at radius 1 is 0.917 bits per heavy atom. The summed E-state index contributed by atoms with van der Waals surface area (Å²) in [5.74, 6) is 0.118. The van der Waals surface area contributed by atoms with E-state index in [2.05, 4.69) is 66.7 Å². The molecule has 36 heavy (non-hydrogen) atoms. The first kappa shape index (κ1) is 24.0. The molecule has 5 nitrogen and oxygen atoms in total. The fourth-order valence-corrected chi connectivity index (χ4v) is 5.09. The number of carbonyl (C=O) groups is 1. The van der Waals surface area contributed by atoms with Gasteiger partial charge in [0.1, 0.15) is 0 Å². The van der Waals surface area contributed by atoms with Crippen molar-refractivity contribution >= 4 is 16.9 Å². The van der Waals surface area contributed by atoms with Gasteiger partial charge in [-0.2, -0.15) is 0 Å². The van der Waals surface area contributed by atoms with Gasteiger partial charge in [-0.05, 0) is 65.3 Å². The summed E-state index contributed by atoms with van der Waals surface area (Å²) in [4.78, 5) is 17.9. The Kier molecular flexibility index (Phi) is 7.58. The first-order valence-corrected chi connectivity index (χ1v) is 12.7. The summed E-state index contributed by atoms with van der Waals surface area (Å²) in [6.07, 6.45) is 4.63. The number of aryl methyl sites for hydroxylation is 2. The topological polar surface area (TPSA) is 62.7 Å². The molecular formula is C31H32N2O3. The Hall–Kier alpha value is -3.70. The van der Waals surface area contributed by atoms with Crippen LogP contribution < -0.4 is 0 Å². The Balaban J connectivity index is 1.24. The second kappa shape index (κ2) is 11.4. The molecule has 0 aliphatic carbocycles. The summed E-state index contributed by atoms with van der Waals surface area (Å²) in [5.41, 5.74) is 4.65. The minimum absolute atomic E-state index is 0.118. The van der Waals surface area contributed by atoms with Gasteiger partial charge in [0, 0.05) is 24.4 Å². The van der Waals surface area contributed by atoms with Crippen molar-refractivity contribution in [1.29, 1.82) is 0 Å². The molecule has 2 unspecified atom stereocenters. The van der Waals surface area contributed by atoms with Crippen molar-refractivity contribution in [2.24, 2.45) is 0 Å². The highest BCUT2D eigenvalue weighted by Crippen LogP contribution is 2.31. The van der Waals surface area contributed by atoms with Crippen LogP contribution in [0.2, 0.25) is 0 Å². The number of rotatable bonds is 8. The quantitative estimate of drug-likeness (QED) is 0.314. The van der Waals surface area contributed by atoms with Crippen molar-refractivity contribution in [2.45, 2.75) is 44.3 Å². The second-order valence-electron chi connectivity index (χ2n) is 9.58. The normalized spacial score (nSPS) is 17.8. The summed E-state index contributed by atoms with van der Waals surface area (Å²) in [5, 5.41) is 12.0. The first-order chi connectivity index (χ1) is 17.7. The van der Waals surface area contributed by atoms with Crippen LogP contribution in [0.15, 0.2) is 91.1 Å². The molecule has 5 heteroatoms. The molecule has 2 heterocycles. The van der Waals surface area contributed by atoms with E-state index in [1.54, 1.807) is 0 Å². The van der Waals surface area contributed by atoms with Crippen molar-refractivity contribution in [2.75, 3.05) is 13.1 Å². The van der Waals surface area contributed by atoms with Crippen LogP contribution in [0.4, 0.5) is 4.79 Å². The minimum atomic E-state index is -0.889. The first-order valence-electron chi connectivity index (χ1n) is 12.7. The number of hydrogen-bond donors (Lipinski definition) is 1. The van der Waals surface area contributed by atoms with Crippen LogP contribution in [0.3, 0.4) is 0 Å². The standard InChI is InChI=1S/C31H32N2O3/c34-31(35)33-18-17-29(27-15-16-28(32-20-27)12-6-9-23-7-2-1-3-8-23)30(21-33)36-22-24-13-14-25-10-4-5-11-26(25)19-24/h1-5,7-8,10-11,13-16,19-20,29-30H,6,9,12,17-18,21-22H2,(H,34,35). The van der Waals surface area contributed by atoms with Crippen molar-refractivity contribution in [3.63, 3.8) is 0 Å². The number of amides is 1. The Bertz CT molecular complexity index is 1290. The molecule has 4 aromatic rings. The minimum Gasteiger partial charge on any atom is -0.465 e. The summed E-state index contributed by atoms with van der Waals surface area (Å²) < 4.78 is 6.38. The second-order valence-corrected chi connectivity index (χ2v) is 9.58. The van der Waals surface area contributed by atoms with Crippen molar-refractivity contribution in [3.05, 3.63) is 114 Å². The highest BCUT2D eigenvalue weighted by molar-refractivity contribution is 5.82. The van der Waals surface area contributed by atoms with Gasteiger partial charge < -0.3 is 14.7 Å². The average molecular weight is 481 g/mol. The summed E-state index contributed by atoms with van der Waals surface area (Å²) in [6.45, 7) is 1.32. The predicted octanol–water partition coefficient (Wildman–Crippen LogP) is 6.46. The predicted molar refractivity (Wildman–Crippen MR) is 142 cm³/mol. The number of ether oxygens (including phenoxy) is 1. The van der Waals surface area contributed by atoms with Gasteiger partial charge in [0.05, 0.1) is 19.3 Å². The number of piperidine rings is 1. The van der Waals surface area contributed by atoms with Crippen LogP contribution in [0.1, 0.15) is 41.1 Å². The number of likely N-dealkylation sites (tertiary alicyclic amines) is 1. The van der Waals surface area contributed by atoms with Gasteiger partial charge in [0.25, 0.3) is 0 Å². The monoisotopic (exact) mass is 480 g/mol. The third-order valence-electron chi connectivity index (χ3n) is 7.12. The third-order valence-corrected chi connectivity index (χ3v) is 7.12. The molecule has 0 bridgehead atoms. The summed E-state index contributed by atoms with van der Waals surface area (Å²) in [7, 11) is 0. The van der Waals surface area contributed by atoms with E-state index in [1.165, 1.54) is 21.2 Å². The van der Waals surface area contributed by atoms with Crippen LogP contribution in [0, 0.1) is 0 Å². The molecule has 0 saturated carbocycles. The molecule has 1 amide bonds. The molecule has 0 spiro atoms. The fraction of sp³-hybridized carbons (Fsp3) is 0.290. The van der Waals surface area contributed by atoms with Gasteiger partial charge in [-0.15, -0.1) is 0 Å². The highest BCUT2D eigenvalue weighted by Gasteiger charge is 2.33. The molecular weight excluding hydrogens is 448 g/mol. The molecule has 3 aromatic carbocycles. The smallest absolute Gasteiger partial charge is 0.407 e. The molecule has 1 aromatic heterocycles. The summed E-state index contributed by atoms with van der Waals surface area (Å²) in [6, 6.07) is 29.4. The highest BCUT2D eigenvalue weighted by atomic mass is 16.5. The van der Waals surface area contributed by atoms with Gasteiger partial charge in [0.2, 0.25) is 0 Å². The zero-order chi connectivity index (χ0) is 24.7. The van der Waals surface area contributed by atoms with E-state index >= 15 is 0 Å². The van der Waals surface area contributed by atoms with Crippen LogP contribution in [-0.4, -0.2) is 40.3 Å². The number of hydrogen-bond acceptors (Lipinski definition) is 3. The number of nitrogens with zero attached hydrogens (tertiary/aromatic N) is 2. The van der Waals surface area contributed by atoms with E-state index < -0.39 is 6.09 Å². The van der Waals surface area contributed by atoms with Gasteiger partial charge in [-0.1, -0.05) is 72.8 Å². The van der Waals surface area contributed by atoms with Crippen molar-refractivity contribution in [3.8, 4) is 0 Å². The van der Waals surface area contributed by atoms with E-state index in [9.17, 15) is 9.90 Å². The average Bonchev–Trinajstić information content (AvgIpc) is 2.92. The van der Waals surface area contributed by atoms with Crippen LogP contribution in [0.25, 0.3) is 10.8 Å². The van der Waals surface area contributed by atoms with Gasteiger partial charge in [-0.25, -0.2) is 4.79 Å². The molecule has 0 radical (unpaired) electrons. The molecule has 5 rings (SSSR count). The Morgan fingerprint density at radius 2 is 1.72 bits per heavy atom. The molecule has 1 aliphatic rings. The SMILES string of the molecule is O=C(O)N1CCC(c2ccc(CCCc3ccccc3)nc2)C(OCc2ccc3ccccc3c2)C1. The number of pyridine rings is 1. The molecule has 184 valence electrons. The van der Waals surface area contributed by atoms with E-state index in [0.717, 1.165) is 42.5 Å². The maximum Gasteiger partial charge on any atom is 0.407 e. The number of carboxylic acid groups (broad SMARTS) is 1. The lowest BCUT2D eigenvalue weighted by atomic mass is 9.87. The lowest BCUT2D eigenvalue weighted by molar-refractivity contribution is -0.0200. The maximum atomic E-state index is 11.7. The number of aromatic nitrogens is 1. The van der Waals surface area contributed by atoms with Crippen LogP contribution >= 0.6 is 0 Å². The molecule has 1 aliphatic heterocycles. The zero-order valence-corrected chi connectivity index (χ0v) is 20.4. The number of benzene rings is 3. The molecule has 1 fully saturated rings. The molecule has 2 atom stereocenters. The lowest BCUT2D eigenvalue weighted by Gasteiger charge is -2.37. The van der Waals surface area contributed by atoms with Gasteiger partial charge in [0.15, 0.2) is 0 Å². The van der Waals surface area contributed by atoms with Gasteiger partial charge >= 0.3 is 6.09 Å². The van der Waals surface area contributed by atoms with Crippen LogP contribution in [0.5, 0.6) is 0 Å². The fourth-order valence-electron chi connectivity index (χ4n) is 5.09. The Morgan fingerprint density at radius 3 is 2.50 bits per heavy atom. The number of fused-ring (bicyclic) bond motifs is 1. The largest absolute Gasteiger partial charge is 0.465 e. The van der Waals surface area contributed by atoms with Crippen molar-refractivity contribution < 1.29 is 14.6 Å². The van der Waals surface area contributed by atoms with E-state index in [0.29, 0.717) is 19.7 Å². The summed E-state index contributed by atoms with van der Waals surface area (Å²) >= 11 is 0. The third kappa shape index (κ3) is 5.92. The van der Waals surface area contributed by atoms with E-state index in [4.69, 9.17) is 9.72 Å². The van der Waals surface area contributed by atoms with E-state index in [-0.39, 0.29) is 12.0 Å². The van der Waals surface area contributed by atoms with Gasteiger partial charge in [-0.3, -0.25) is 4.98 Å². The molecule has 1 N–H and O–H groups in total.